The number of pyridine rings is 1. The van der Waals surface area contributed by atoms with Crippen molar-refractivity contribution < 1.29 is 9.32 Å². The Hall–Kier alpha value is -2.34. The second-order valence-corrected chi connectivity index (χ2v) is 5.50. The van der Waals surface area contributed by atoms with Gasteiger partial charge in [0.25, 0.3) is 5.91 Å². The molecule has 0 radical (unpaired) electrons. The van der Waals surface area contributed by atoms with Crippen LogP contribution in [0.5, 0.6) is 0 Å². The van der Waals surface area contributed by atoms with Crippen molar-refractivity contribution in [3.63, 3.8) is 0 Å². The zero-order valence-corrected chi connectivity index (χ0v) is 13.3. The molecular weight excluding hydrogens is 304 g/mol. The summed E-state index contributed by atoms with van der Waals surface area (Å²) in [5.41, 5.74) is 2.68. The molecule has 114 valence electrons. The first kappa shape index (κ1) is 14.6. The van der Waals surface area contributed by atoms with Crippen molar-refractivity contribution in [1.29, 1.82) is 0 Å². The lowest BCUT2D eigenvalue weighted by molar-refractivity contribution is 0.0778. The number of aromatic nitrogens is 3. The van der Waals surface area contributed by atoms with Crippen LogP contribution in [0.1, 0.15) is 27.5 Å². The molecule has 0 saturated carbocycles. The number of halogens is 1. The van der Waals surface area contributed by atoms with Crippen molar-refractivity contribution in [1.82, 2.24) is 19.4 Å². The van der Waals surface area contributed by atoms with E-state index in [9.17, 15) is 4.79 Å². The minimum atomic E-state index is -0.205. The van der Waals surface area contributed by atoms with Crippen molar-refractivity contribution in [3.05, 3.63) is 52.3 Å². The molecule has 0 aromatic carbocycles. The van der Waals surface area contributed by atoms with Gasteiger partial charge in [0.05, 0.1) is 12.2 Å². The molecule has 0 spiro atoms. The van der Waals surface area contributed by atoms with Gasteiger partial charge in [-0.1, -0.05) is 22.8 Å². The molecule has 0 saturated heterocycles. The molecule has 3 aromatic rings. The Morgan fingerprint density at radius 3 is 2.86 bits per heavy atom. The maximum absolute atomic E-state index is 12.7. The summed E-state index contributed by atoms with van der Waals surface area (Å²) in [6.45, 7) is 4.08. The van der Waals surface area contributed by atoms with Crippen molar-refractivity contribution in [2.24, 2.45) is 0 Å². The zero-order valence-electron chi connectivity index (χ0n) is 12.5. The summed E-state index contributed by atoms with van der Waals surface area (Å²) in [7, 11) is 1.72. The van der Waals surface area contributed by atoms with Gasteiger partial charge in [-0.25, -0.2) is 4.98 Å². The van der Waals surface area contributed by atoms with Crippen LogP contribution in [0.3, 0.4) is 0 Å². The van der Waals surface area contributed by atoms with Crippen molar-refractivity contribution in [2.75, 3.05) is 7.05 Å². The molecule has 0 N–H and O–H groups in total. The summed E-state index contributed by atoms with van der Waals surface area (Å²) in [6, 6.07) is 5.48. The number of fused-ring (bicyclic) bond motifs is 1. The second kappa shape index (κ2) is 5.46. The van der Waals surface area contributed by atoms with E-state index < -0.39 is 0 Å². The van der Waals surface area contributed by atoms with Crippen LogP contribution >= 0.6 is 11.6 Å². The molecule has 1 amide bonds. The fourth-order valence-electron chi connectivity index (χ4n) is 2.38. The van der Waals surface area contributed by atoms with E-state index in [-0.39, 0.29) is 11.1 Å². The highest BCUT2D eigenvalue weighted by molar-refractivity contribution is 6.32. The molecule has 3 rings (SSSR count). The SMILES string of the molecule is Cc1noc(C)c1CN(C)C(=O)c1c(Cl)nc2ccccn12. The molecular formula is C15H15ClN4O2. The lowest BCUT2D eigenvalue weighted by Crippen LogP contribution is -2.28. The van der Waals surface area contributed by atoms with E-state index in [1.165, 1.54) is 0 Å². The maximum atomic E-state index is 12.7. The highest BCUT2D eigenvalue weighted by atomic mass is 35.5. The maximum Gasteiger partial charge on any atom is 0.274 e. The summed E-state index contributed by atoms with van der Waals surface area (Å²) >= 11 is 6.14. The normalized spacial score (nSPS) is 11.1. The molecule has 0 bridgehead atoms. The third kappa shape index (κ3) is 2.35. The summed E-state index contributed by atoms with van der Waals surface area (Å²) in [4.78, 5) is 18.5. The zero-order chi connectivity index (χ0) is 15.9. The van der Waals surface area contributed by atoms with E-state index in [2.05, 4.69) is 10.1 Å². The van der Waals surface area contributed by atoms with Crippen molar-refractivity contribution >= 4 is 23.2 Å². The summed E-state index contributed by atoms with van der Waals surface area (Å²) in [5.74, 6) is 0.505. The van der Waals surface area contributed by atoms with Crippen LogP contribution in [0.4, 0.5) is 0 Å². The van der Waals surface area contributed by atoms with Crippen molar-refractivity contribution in [3.8, 4) is 0 Å². The van der Waals surface area contributed by atoms with Gasteiger partial charge in [-0.3, -0.25) is 9.20 Å². The van der Waals surface area contributed by atoms with Crippen LogP contribution in [0.25, 0.3) is 5.65 Å². The van der Waals surface area contributed by atoms with Crippen LogP contribution in [-0.4, -0.2) is 32.4 Å². The number of imidazole rings is 1. The van der Waals surface area contributed by atoms with Gasteiger partial charge in [0, 0.05) is 18.8 Å². The highest BCUT2D eigenvalue weighted by Gasteiger charge is 2.23. The highest BCUT2D eigenvalue weighted by Crippen LogP contribution is 2.21. The lowest BCUT2D eigenvalue weighted by atomic mass is 10.2. The van der Waals surface area contributed by atoms with Crippen LogP contribution in [0, 0.1) is 13.8 Å². The molecule has 6 nitrogen and oxygen atoms in total. The average Bonchev–Trinajstić information content (AvgIpc) is 2.99. The Balaban J connectivity index is 1.94. The topological polar surface area (TPSA) is 63.6 Å². The molecule has 0 aliphatic carbocycles. The minimum absolute atomic E-state index is 0.196. The van der Waals surface area contributed by atoms with Gasteiger partial charge in [-0.15, -0.1) is 0 Å². The van der Waals surface area contributed by atoms with E-state index in [1.54, 1.807) is 28.6 Å². The third-order valence-corrected chi connectivity index (χ3v) is 3.88. The molecule has 0 aliphatic heterocycles. The Morgan fingerprint density at radius 2 is 2.18 bits per heavy atom. The van der Waals surface area contributed by atoms with Crippen LogP contribution in [0.15, 0.2) is 28.9 Å². The number of carbonyl (C=O) groups excluding carboxylic acids is 1. The molecule has 0 atom stereocenters. The smallest absolute Gasteiger partial charge is 0.274 e. The number of rotatable bonds is 3. The van der Waals surface area contributed by atoms with Gasteiger partial charge >= 0.3 is 0 Å². The van der Waals surface area contributed by atoms with E-state index in [1.807, 2.05) is 26.0 Å². The fraction of sp³-hybridized carbons (Fsp3) is 0.267. The number of aryl methyl sites for hydroxylation is 2. The number of carbonyl (C=O) groups is 1. The largest absolute Gasteiger partial charge is 0.361 e. The minimum Gasteiger partial charge on any atom is -0.361 e. The lowest BCUT2D eigenvalue weighted by Gasteiger charge is -2.16. The third-order valence-electron chi connectivity index (χ3n) is 3.61. The second-order valence-electron chi connectivity index (χ2n) is 5.14. The van der Waals surface area contributed by atoms with E-state index in [0.717, 1.165) is 11.3 Å². The van der Waals surface area contributed by atoms with Gasteiger partial charge in [-0.05, 0) is 26.0 Å². The Morgan fingerprint density at radius 1 is 1.41 bits per heavy atom. The monoisotopic (exact) mass is 318 g/mol. The molecule has 0 aliphatic rings. The summed E-state index contributed by atoms with van der Waals surface area (Å²) in [6.07, 6.45) is 1.77. The van der Waals surface area contributed by atoms with Crippen molar-refractivity contribution in [2.45, 2.75) is 20.4 Å². The number of amides is 1. The first-order valence-corrected chi connectivity index (χ1v) is 7.16. The first-order chi connectivity index (χ1) is 10.5. The number of hydrogen-bond acceptors (Lipinski definition) is 4. The van der Waals surface area contributed by atoms with Gasteiger partial charge < -0.3 is 9.42 Å². The summed E-state index contributed by atoms with van der Waals surface area (Å²) < 4.78 is 6.82. The first-order valence-electron chi connectivity index (χ1n) is 6.79. The predicted octanol–water partition coefficient (Wildman–Crippen LogP) is 2.86. The number of hydrogen-bond donors (Lipinski definition) is 0. The molecule has 3 heterocycles. The fourth-order valence-corrected chi connectivity index (χ4v) is 2.63. The standard InChI is InChI=1S/C15H15ClN4O2/c1-9-11(10(2)22-18-9)8-19(3)15(21)13-14(16)17-12-6-4-5-7-20(12)13/h4-7H,8H2,1-3H3. The quantitative estimate of drug-likeness (QED) is 0.745. The average molecular weight is 319 g/mol. The Bertz CT molecular complexity index is 833. The molecule has 0 fully saturated rings. The van der Waals surface area contributed by atoms with Gasteiger partial charge in [-0.2, -0.15) is 0 Å². The molecule has 0 unspecified atom stereocenters. The molecule has 3 aromatic heterocycles. The predicted molar refractivity (Wildman–Crippen MR) is 82.0 cm³/mol. The Labute approximate surface area is 132 Å². The van der Waals surface area contributed by atoms with Crippen LogP contribution < -0.4 is 0 Å². The molecule has 7 heteroatoms. The summed E-state index contributed by atoms with van der Waals surface area (Å²) in [5, 5.41) is 4.10. The van der Waals surface area contributed by atoms with E-state index in [4.69, 9.17) is 16.1 Å². The van der Waals surface area contributed by atoms with Gasteiger partial charge in [0.2, 0.25) is 0 Å². The van der Waals surface area contributed by atoms with Crippen LogP contribution in [0.2, 0.25) is 5.15 Å². The van der Waals surface area contributed by atoms with E-state index in [0.29, 0.717) is 23.6 Å². The van der Waals surface area contributed by atoms with Crippen LogP contribution in [-0.2, 0) is 6.54 Å². The van der Waals surface area contributed by atoms with Gasteiger partial charge in [0.1, 0.15) is 11.4 Å². The molecule has 22 heavy (non-hydrogen) atoms. The number of nitrogens with zero attached hydrogens (tertiary/aromatic N) is 4. The Kier molecular flexibility index (Phi) is 3.62. The van der Waals surface area contributed by atoms with Gasteiger partial charge in [0.15, 0.2) is 10.8 Å². The van der Waals surface area contributed by atoms with E-state index >= 15 is 0 Å².